The minimum Gasteiger partial charge on any atom is -0.493 e. The van der Waals surface area contributed by atoms with E-state index in [0.717, 1.165) is 22.0 Å². The fourth-order valence-corrected chi connectivity index (χ4v) is 1.92. The largest absolute Gasteiger partial charge is 0.493 e. The number of nitrogens with zero attached hydrogens (tertiary/aromatic N) is 1. The number of aliphatic hydroxyl groups is 1. The van der Waals surface area contributed by atoms with Crippen LogP contribution in [0.15, 0.2) is 18.3 Å². The molecule has 0 saturated heterocycles. The molecule has 0 aliphatic carbocycles. The number of pyridine rings is 1. The Bertz CT molecular complexity index is 552. The van der Waals surface area contributed by atoms with E-state index in [1.165, 1.54) is 0 Å². The van der Waals surface area contributed by atoms with Gasteiger partial charge in [-0.3, -0.25) is 4.98 Å². The summed E-state index contributed by atoms with van der Waals surface area (Å²) in [5.41, 5.74) is 2.58. The first-order valence-corrected chi connectivity index (χ1v) is 5.32. The number of hydrogen-bond acceptors (Lipinski definition) is 4. The van der Waals surface area contributed by atoms with E-state index in [1.807, 2.05) is 19.1 Å². The van der Waals surface area contributed by atoms with Crippen LogP contribution in [0.5, 0.6) is 11.5 Å². The summed E-state index contributed by atoms with van der Waals surface area (Å²) in [6, 6.07) is 3.75. The Balaban J connectivity index is 2.76. The second-order valence-electron chi connectivity index (χ2n) is 3.81. The minimum absolute atomic E-state index is 0.0171. The van der Waals surface area contributed by atoms with Crippen molar-refractivity contribution in [1.29, 1.82) is 0 Å². The highest BCUT2D eigenvalue weighted by Crippen LogP contribution is 2.36. The molecule has 0 spiro atoms. The Labute approximate surface area is 99.8 Å². The van der Waals surface area contributed by atoms with Crippen molar-refractivity contribution in [2.75, 3.05) is 14.2 Å². The van der Waals surface area contributed by atoms with Crippen LogP contribution in [-0.2, 0) is 6.61 Å². The second kappa shape index (κ2) is 4.59. The van der Waals surface area contributed by atoms with Gasteiger partial charge in [0.2, 0.25) is 0 Å². The van der Waals surface area contributed by atoms with Gasteiger partial charge < -0.3 is 14.6 Å². The topological polar surface area (TPSA) is 51.6 Å². The SMILES string of the molecule is COc1cc2ncc(CO)cc2c(C)c1OC. The molecule has 2 rings (SSSR count). The molecule has 0 saturated carbocycles. The molecule has 0 aliphatic heterocycles. The molecule has 4 nitrogen and oxygen atoms in total. The molecule has 90 valence electrons. The summed E-state index contributed by atoms with van der Waals surface area (Å²) in [5, 5.41) is 10.1. The van der Waals surface area contributed by atoms with Crippen LogP contribution in [0.2, 0.25) is 0 Å². The molecule has 0 aliphatic rings. The molecule has 4 heteroatoms. The molecule has 0 atom stereocenters. The molecule has 0 unspecified atom stereocenters. The molecule has 1 heterocycles. The van der Waals surface area contributed by atoms with Gasteiger partial charge in [0, 0.05) is 23.2 Å². The van der Waals surface area contributed by atoms with Gasteiger partial charge in [0.25, 0.3) is 0 Å². The predicted octanol–water partition coefficient (Wildman–Crippen LogP) is 2.05. The number of fused-ring (bicyclic) bond motifs is 1. The molecule has 1 aromatic heterocycles. The average Bonchev–Trinajstić information content (AvgIpc) is 2.38. The van der Waals surface area contributed by atoms with E-state index in [4.69, 9.17) is 14.6 Å². The van der Waals surface area contributed by atoms with Gasteiger partial charge in [-0.15, -0.1) is 0 Å². The lowest BCUT2D eigenvalue weighted by Gasteiger charge is -2.13. The number of rotatable bonds is 3. The Morgan fingerprint density at radius 2 is 2.00 bits per heavy atom. The zero-order chi connectivity index (χ0) is 12.4. The van der Waals surface area contributed by atoms with Gasteiger partial charge in [-0.2, -0.15) is 0 Å². The number of methoxy groups -OCH3 is 2. The van der Waals surface area contributed by atoms with Crippen molar-refractivity contribution >= 4 is 10.9 Å². The van der Waals surface area contributed by atoms with E-state index < -0.39 is 0 Å². The number of aromatic nitrogens is 1. The lowest BCUT2D eigenvalue weighted by atomic mass is 10.1. The van der Waals surface area contributed by atoms with Gasteiger partial charge in [0.1, 0.15) is 0 Å². The van der Waals surface area contributed by atoms with E-state index in [-0.39, 0.29) is 6.61 Å². The van der Waals surface area contributed by atoms with E-state index in [1.54, 1.807) is 20.4 Å². The van der Waals surface area contributed by atoms with Crippen molar-refractivity contribution in [3.05, 3.63) is 29.5 Å². The number of aliphatic hydroxyl groups excluding tert-OH is 1. The molecular weight excluding hydrogens is 218 g/mol. The lowest BCUT2D eigenvalue weighted by Crippen LogP contribution is -1.96. The number of hydrogen-bond donors (Lipinski definition) is 1. The van der Waals surface area contributed by atoms with Crippen molar-refractivity contribution in [2.45, 2.75) is 13.5 Å². The zero-order valence-corrected chi connectivity index (χ0v) is 10.2. The van der Waals surface area contributed by atoms with Gasteiger partial charge in [-0.1, -0.05) is 0 Å². The number of benzene rings is 1. The van der Waals surface area contributed by atoms with Crippen LogP contribution < -0.4 is 9.47 Å². The second-order valence-corrected chi connectivity index (χ2v) is 3.81. The predicted molar refractivity (Wildman–Crippen MR) is 65.5 cm³/mol. The van der Waals surface area contributed by atoms with Crippen LogP contribution >= 0.6 is 0 Å². The minimum atomic E-state index is -0.0171. The summed E-state index contributed by atoms with van der Waals surface area (Å²) in [7, 11) is 3.21. The van der Waals surface area contributed by atoms with Crippen LogP contribution in [0.25, 0.3) is 10.9 Å². The van der Waals surface area contributed by atoms with Crippen molar-refractivity contribution in [3.8, 4) is 11.5 Å². The summed E-state index contributed by atoms with van der Waals surface area (Å²) in [5.74, 6) is 1.37. The van der Waals surface area contributed by atoms with Crippen LogP contribution in [0.3, 0.4) is 0 Å². The first kappa shape index (κ1) is 11.7. The Morgan fingerprint density at radius 1 is 1.24 bits per heavy atom. The van der Waals surface area contributed by atoms with Crippen LogP contribution in [0, 0.1) is 6.92 Å². The lowest BCUT2D eigenvalue weighted by molar-refractivity contribution is 0.281. The smallest absolute Gasteiger partial charge is 0.164 e. The fourth-order valence-electron chi connectivity index (χ4n) is 1.92. The molecular formula is C13H15NO3. The van der Waals surface area contributed by atoms with Crippen LogP contribution in [0.4, 0.5) is 0 Å². The maximum atomic E-state index is 9.12. The van der Waals surface area contributed by atoms with Gasteiger partial charge in [-0.25, -0.2) is 0 Å². The number of aryl methyl sites for hydroxylation is 1. The summed E-state index contributed by atoms with van der Waals surface area (Å²) < 4.78 is 10.6. The third-order valence-corrected chi connectivity index (χ3v) is 2.82. The Hall–Kier alpha value is -1.81. The van der Waals surface area contributed by atoms with Crippen molar-refractivity contribution < 1.29 is 14.6 Å². The molecule has 17 heavy (non-hydrogen) atoms. The highest BCUT2D eigenvalue weighted by Gasteiger charge is 2.12. The van der Waals surface area contributed by atoms with Crippen molar-refractivity contribution in [2.24, 2.45) is 0 Å². The van der Waals surface area contributed by atoms with Crippen molar-refractivity contribution in [3.63, 3.8) is 0 Å². The quantitative estimate of drug-likeness (QED) is 0.881. The molecule has 0 fully saturated rings. The average molecular weight is 233 g/mol. The first-order chi connectivity index (χ1) is 8.21. The zero-order valence-electron chi connectivity index (χ0n) is 10.2. The summed E-state index contributed by atoms with van der Waals surface area (Å²) >= 11 is 0. The maximum absolute atomic E-state index is 9.12. The van der Waals surface area contributed by atoms with Gasteiger partial charge in [0.05, 0.1) is 26.3 Å². The highest BCUT2D eigenvalue weighted by atomic mass is 16.5. The normalized spacial score (nSPS) is 10.6. The summed E-state index contributed by atoms with van der Waals surface area (Å²) in [6.45, 7) is 1.93. The molecule has 1 N–H and O–H groups in total. The third-order valence-electron chi connectivity index (χ3n) is 2.82. The van der Waals surface area contributed by atoms with Gasteiger partial charge >= 0.3 is 0 Å². The van der Waals surface area contributed by atoms with Gasteiger partial charge in [0.15, 0.2) is 11.5 Å². The first-order valence-electron chi connectivity index (χ1n) is 5.32. The van der Waals surface area contributed by atoms with E-state index in [2.05, 4.69) is 4.98 Å². The molecule has 0 radical (unpaired) electrons. The van der Waals surface area contributed by atoms with E-state index in [9.17, 15) is 0 Å². The maximum Gasteiger partial charge on any atom is 0.164 e. The standard InChI is InChI=1S/C13H15NO3/c1-8-10-4-9(7-15)6-14-11(10)5-12(16-2)13(8)17-3/h4-6,15H,7H2,1-3H3. The molecule has 1 aromatic carbocycles. The molecule has 0 amide bonds. The van der Waals surface area contributed by atoms with Gasteiger partial charge in [-0.05, 0) is 18.6 Å². The number of ether oxygens (including phenoxy) is 2. The van der Waals surface area contributed by atoms with Crippen LogP contribution in [-0.4, -0.2) is 24.3 Å². The monoisotopic (exact) mass is 233 g/mol. The summed E-state index contributed by atoms with van der Waals surface area (Å²) in [4.78, 5) is 4.30. The van der Waals surface area contributed by atoms with Crippen molar-refractivity contribution in [1.82, 2.24) is 4.98 Å². The summed E-state index contributed by atoms with van der Waals surface area (Å²) in [6.07, 6.45) is 1.66. The highest BCUT2D eigenvalue weighted by molar-refractivity contribution is 5.87. The molecule has 0 bridgehead atoms. The van der Waals surface area contributed by atoms with E-state index >= 15 is 0 Å². The Morgan fingerprint density at radius 3 is 2.59 bits per heavy atom. The van der Waals surface area contributed by atoms with E-state index in [0.29, 0.717) is 11.5 Å². The molecule has 2 aromatic rings. The fraction of sp³-hybridized carbons (Fsp3) is 0.308. The Kier molecular flexibility index (Phi) is 3.15. The van der Waals surface area contributed by atoms with Crippen LogP contribution in [0.1, 0.15) is 11.1 Å². The third kappa shape index (κ3) is 1.91.